The maximum atomic E-state index is 14.3. The highest BCUT2D eigenvalue weighted by Crippen LogP contribution is 2.51. The lowest BCUT2D eigenvalue weighted by atomic mass is 9.81. The van der Waals surface area contributed by atoms with Gasteiger partial charge in [-0.2, -0.15) is 0 Å². The molecule has 23 rings (SSSR count). The van der Waals surface area contributed by atoms with Crippen molar-refractivity contribution in [2.24, 2.45) is 58.9 Å². The van der Waals surface area contributed by atoms with E-state index in [2.05, 4.69) is 375 Å². The minimum atomic E-state index is -0.0852. The minimum absolute atomic E-state index is 0.0198. The third-order valence-electron chi connectivity index (χ3n) is 33.3. The van der Waals surface area contributed by atoms with Gasteiger partial charge in [0, 0.05) is 41.3 Å². The molecule has 6 aliphatic rings. The number of rotatable bonds is 14. The topological polar surface area (TPSA) is 19.4 Å². The van der Waals surface area contributed by atoms with E-state index in [-0.39, 0.29) is 11.2 Å². The SMILES string of the molecule is Cc1cc(-c2c3ccc(CC4CCCC4)cc3cc[n+]2C)c(C)c(C)c1F.Cc1cc(C)c(C)c(-c2c3ccc(CC4CCCC4)cc3cc[n+]2C)c1.Cc1cc2c(cc1-c1c3ccc(CC4CCCC4)cc3cc[n+]1C)C(C)(C)c1ccccc1-2.Cc1cc2ccccc2cc1-c1c2ccc(CC3CCCC3)cc2cc[n+]1C.Cc1ccccc1-c1c2ccc(C3CCCCC3)cc2cc[n+]1C. The van der Waals surface area contributed by atoms with Crippen molar-refractivity contribution in [1.29, 1.82) is 0 Å². The molecule has 0 N–H and O–H groups in total. The fourth-order valence-corrected chi connectivity index (χ4v) is 25.3. The Hall–Kier alpha value is -12.1. The van der Waals surface area contributed by atoms with E-state index < -0.39 is 0 Å². The van der Waals surface area contributed by atoms with Gasteiger partial charge in [-0.1, -0.05) is 287 Å². The van der Waals surface area contributed by atoms with Crippen LogP contribution >= 0.6 is 0 Å². The molecule has 0 atom stereocenters. The second-order valence-corrected chi connectivity index (χ2v) is 43.4. The number of hydrogen-bond donors (Lipinski definition) is 0. The predicted molar refractivity (Wildman–Crippen MR) is 579 cm³/mol. The highest BCUT2D eigenvalue weighted by atomic mass is 19.1. The number of aromatic nitrogens is 5. The lowest BCUT2D eigenvalue weighted by molar-refractivity contribution is -0.659. The number of pyridine rings is 5. The summed E-state index contributed by atoms with van der Waals surface area (Å²) in [5.74, 6) is 4.20. The van der Waals surface area contributed by atoms with Crippen LogP contribution in [-0.2, 0) is 66.3 Å². The Morgan fingerprint density at radius 3 is 1.06 bits per heavy atom. The number of benzene rings is 12. The molecule has 5 nitrogen and oxygen atoms in total. The van der Waals surface area contributed by atoms with Crippen LogP contribution in [0.3, 0.4) is 0 Å². The van der Waals surface area contributed by atoms with Crippen LogP contribution in [0, 0.1) is 91.8 Å². The van der Waals surface area contributed by atoms with Gasteiger partial charge < -0.3 is 0 Å². The highest BCUT2D eigenvalue weighted by molar-refractivity contribution is 6.00. The Labute approximate surface area is 823 Å². The Bertz CT molecular complexity index is 7430. The molecule has 12 aromatic carbocycles. The van der Waals surface area contributed by atoms with E-state index in [9.17, 15) is 4.39 Å². The summed E-state index contributed by atoms with van der Waals surface area (Å²) in [5.41, 5.74) is 36.7. The predicted octanol–water partition coefficient (Wildman–Crippen LogP) is 32.0. The number of fused-ring (bicyclic) bond motifs is 9. The standard InChI is InChI=1S/C32H34N.C27H28N.C25H29FN.C25H30N.C23H26N/c1-21-17-28-26-11-7-8-12-29(26)32(2,3)30(28)20-27(21)31-25-14-13-23(18-22-9-5-6-10-22)19-24(25)15-16-33(31)4;1-19-15-22-9-5-6-10-23(22)18-26(19)27-25-12-11-21(16-20-7-3-4-8-20)17-24(25)13-14-28(27)2;1-16-13-23(17(2)18(3)24(16)26)25-22-10-9-20(14-19-7-5-6-8-19)15-21(22)11-12-27(25)4;1-17-13-18(2)19(3)24(14-17)25-23-10-9-21(15-20-7-5-6-8-20)16-22(23)11-12-26(25)4;1-17-8-6-7-11-21(17)23-22-13-12-19(18-9-4-3-5-10-18)16-20(22)14-15-24(23)2/h7-8,11-17,19-20,22H,5-6,9-10,18H2,1-4H3;5-6,9-15,17-18,20H,3-4,7-8,16H2,1-2H3;9-13,15,19H,5-8,14H2,1-4H3;9-14,16,20H,5-8,15H2,1-4H3;6-8,11-16,18H,3-5,9-10H2,1-2H3/q5*+1. The molecule has 0 amide bonds. The molecule has 5 fully saturated rings. The summed E-state index contributed by atoms with van der Waals surface area (Å²) in [6.07, 6.45) is 45.3. The number of aryl methyl sites for hydroxylation is 11. The van der Waals surface area contributed by atoms with Gasteiger partial charge in [0.2, 0.25) is 28.5 Å². The van der Waals surface area contributed by atoms with Crippen LogP contribution in [0.5, 0.6) is 0 Å². The van der Waals surface area contributed by atoms with E-state index in [1.165, 1.54) is 359 Å². The van der Waals surface area contributed by atoms with E-state index in [0.717, 1.165) is 46.3 Å². The minimum Gasteiger partial charge on any atom is -0.206 e. The summed E-state index contributed by atoms with van der Waals surface area (Å²) in [7, 11) is 10.7. The molecule has 0 bridgehead atoms. The van der Waals surface area contributed by atoms with Crippen molar-refractivity contribution in [3.8, 4) is 67.4 Å². The zero-order chi connectivity index (χ0) is 95.7. The zero-order valence-electron chi connectivity index (χ0n) is 85.6. The third kappa shape index (κ3) is 19.9. The number of nitrogens with zero attached hydrogens (tertiary/aromatic N) is 5. The monoisotopic (exact) mass is 1820 g/mol. The lowest BCUT2D eigenvalue weighted by Gasteiger charge is -2.22. The first-order valence-electron chi connectivity index (χ1n) is 52.6. The number of halogens is 1. The molecule has 5 heterocycles. The molecule has 5 aromatic heterocycles. The van der Waals surface area contributed by atoms with Crippen LogP contribution in [0.4, 0.5) is 4.39 Å². The van der Waals surface area contributed by atoms with E-state index in [4.69, 9.17) is 0 Å². The van der Waals surface area contributed by atoms with Gasteiger partial charge in [-0.25, -0.2) is 27.2 Å². The van der Waals surface area contributed by atoms with Crippen LogP contribution in [0.2, 0.25) is 0 Å². The summed E-state index contributed by atoms with van der Waals surface area (Å²) in [5, 5.41) is 16.0. The molecular formula is C132H147FN5+5. The molecule has 138 heavy (non-hydrogen) atoms. The Kier molecular flexibility index (Phi) is 28.3. The Morgan fingerprint density at radius 1 is 0.254 bits per heavy atom. The fourth-order valence-electron chi connectivity index (χ4n) is 25.3. The lowest BCUT2D eigenvalue weighted by Crippen LogP contribution is -2.31. The average molecular weight is 1820 g/mol. The maximum Gasteiger partial charge on any atom is 0.220 e. The van der Waals surface area contributed by atoms with E-state index >= 15 is 0 Å². The molecule has 0 unspecified atom stereocenters. The smallest absolute Gasteiger partial charge is 0.206 e. The molecule has 6 heteroatoms. The van der Waals surface area contributed by atoms with Crippen molar-refractivity contribution < 1.29 is 27.2 Å². The van der Waals surface area contributed by atoms with Crippen LogP contribution in [-0.4, -0.2) is 0 Å². The van der Waals surface area contributed by atoms with Gasteiger partial charge in [-0.15, -0.1) is 0 Å². The highest BCUT2D eigenvalue weighted by Gasteiger charge is 2.38. The van der Waals surface area contributed by atoms with Gasteiger partial charge in [0.05, 0.1) is 49.2 Å². The van der Waals surface area contributed by atoms with Gasteiger partial charge in [-0.3, -0.25) is 0 Å². The first kappa shape index (κ1) is 94.8. The molecule has 0 aliphatic heterocycles. The largest absolute Gasteiger partial charge is 0.220 e. The summed E-state index contributed by atoms with van der Waals surface area (Å²) in [6.45, 7) is 23.9. The third-order valence-corrected chi connectivity index (χ3v) is 33.3. The first-order valence-corrected chi connectivity index (χ1v) is 52.6. The van der Waals surface area contributed by atoms with Crippen LogP contribution in [0.1, 0.15) is 244 Å². The fraction of sp³-hybridized carbons (Fsp3) is 0.356. The van der Waals surface area contributed by atoms with Crippen LogP contribution < -0.4 is 22.8 Å². The van der Waals surface area contributed by atoms with E-state index in [0.29, 0.717) is 5.56 Å². The van der Waals surface area contributed by atoms with Gasteiger partial charge in [0.1, 0.15) is 41.1 Å². The van der Waals surface area contributed by atoms with Crippen molar-refractivity contribution in [3.63, 3.8) is 0 Å². The molecule has 5 saturated carbocycles. The first-order chi connectivity index (χ1) is 66.8. The maximum absolute atomic E-state index is 14.3. The quantitative estimate of drug-likeness (QED) is 0.0967. The Balaban J connectivity index is 0.000000111. The molecule has 702 valence electrons. The molecule has 0 saturated heterocycles. The van der Waals surface area contributed by atoms with E-state index in [1.54, 1.807) is 0 Å². The molecule has 6 aliphatic carbocycles. The summed E-state index contributed by atoms with van der Waals surface area (Å²) < 4.78 is 25.6. The van der Waals surface area contributed by atoms with Gasteiger partial charge >= 0.3 is 0 Å². The molecule has 0 spiro atoms. The molecular weight excluding hydrogens is 1670 g/mol. The number of hydrogen-bond acceptors (Lipinski definition) is 0. The summed E-state index contributed by atoms with van der Waals surface area (Å²) >= 11 is 0. The van der Waals surface area contributed by atoms with Gasteiger partial charge in [0.25, 0.3) is 0 Å². The van der Waals surface area contributed by atoms with Gasteiger partial charge in [0.15, 0.2) is 31.0 Å². The zero-order valence-corrected chi connectivity index (χ0v) is 85.6. The van der Waals surface area contributed by atoms with Crippen LogP contribution in [0.25, 0.3) is 132 Å². The van der Waals surface area contributed by atoms with Crippen molar-refractivity contribution >= 4 is 64.6 Å². The Morgan fingerprint density at radius 2 is 0.609 bits per heavy atom. The molecule has 17 aromatic rings. The van der Waals surface area contributed by atoms with Crippen molar-refractivity contribution in [3.05, 3.63) is 362 Å². The normalized spacial score (nSPS) is 15.6. The summed E-state index contributed by atoms with van der Waals surface area (Å²) in [4.78, 5) is 0. The molecule has 0 radical (unpaired) electrons. The van der Waals surface area contributed by atoms with E-state index in [1.807, 2.05) is 26.8 Å². The van der Waals surface area contributed by atoms with Crippen LogP contribution in [0.15, 0.2) is 268 Å². The second-order valence-electron chi connectivity index (χ2n) is 43.4. The van der Waals surface area contributed by atoms with Crippen molar-refractivity contribution in [2.45, 2.75) is 248 Å². The van der Waals surface area contributed by atoms with Crippen molar-refractivity contribution in [2.75, 3.05) is 0 Å². The van der Waals surface area contributed by atoms with Gasteiger partial charge in [-0.05, 0) is 323 Å². The average Bonchev–Trinajstić information content (AvgIpc) is 1.57. The van der Waals surface area contributed by atoms with Crippen molar-refractivity contribution in [1.82, 2.24) is 0 Å². The summed E-state index contributed by atoms with van der Waals surface area (Å²) in [6, 6.07) is 89.3. The second kappa shape index (κ2) is 41.1.